The maximum atomic E-state index is 12.0. The number of aromatic amines is 1. The van der Waals surface area contributed by atoms with E-state index in [1.165, 1.54) is 0 Å². The summed E-state index contributed by atoms with van der Waals surface area (Å²) in [4.78, 5) is 22.3. The zero-order valence-electron chi connectivity index (χ0n) is 14.4. The Labute approximate surface area is 156 Å². The summed E-state index contributed by atoms with van der Waals surface area (Å²) in [5.74, 6) is 0. The molecule has 2 saturated heterocycles. The lowest BCUT2D eigenvalue weighted by Crippen LogP contribution is -2.65. The first kappa shape index (κ1) is 19.4. The average Bonchev–Trinajstić information content (AvgIpc) is 3.22. The molecule has 0 spiro atoms. The fraction of sp³-hybridized carbons (Fsp3) is 0.667. The minimum Gasteiger partial charge on any atom is -0.394 e. The van der Waals surface area contributed by atoms with Crippen LogP contribution in [0.5, 0.6) is 0 Å². The predicted molar refractivity (Wildman–Crippen MR) is 87.9 cm³/mol. The summed E-state index contributed by atoms with van der Waals surface area (Å²) in [6, 6.07) is 0. The molecule has 8 atom stereocenters. The minimum atomic E-state index is -2.11. The summed E-state index contributed by atoms with van der Waals surface area (Å²) in [6.45, 7) is -1.07. The van der Waals surface area contributed by atoms with E-state index in [9.17, 15) is 35.4 Å². The first-order valence-electron chi connectivity index (χ1n) is 8.54. The van der Waals surface area contributed by atoms with E-state index in [1.54, 1.807) is 0 Å². The highest BCUT2D eigenvalue weighted by molar-refractivity contribution is 5.69. The van der Waals surface area contributed by atoms with Gasteiger partial charge in [0.25, 0.3) is 5.56 Å². The highest BCUT2D eigenvalue weighted by Crippen LogP contribution is 2.43. The van der Waals surface area contributed by atoms with Gasteiger partial charge in [-0.3, -0.25) is 9.36 Å². The first-order chi connectivity index (χ1) is 13.3. The van der Waals surface area contributed by atoms with Crippen molar-refractivity contribution >= 4 is 11.2 Å². The molecule has 0 aliphatic carbocycles. The topological polar surface area (TPSA) is 203 Å². The van der Waals surface area contributed by atoms with Crippen LogP contribution in [0, 0.1) is 0 Å². The molecule has 0 saturated carbocycles. The van der Waals surface area contributed by atoms with Gasteiger partial charge in [0.05, 0.1) is 25.9 Å². The van der Waals surface area contributed by atoms with Crippen molar-refractivity contribution in [2.24, 2.45) is 0 Å². The summed E-state index contributed by atoms with van der Waals surface area (Å²) < 4.78 is 12.3. The number of aliphatic hydroxyl groups is 6. The second kappa shape index (κ2) is 6.82. The van der Waals surface area contributed by atoms with Crippen molar-refractivity contribution < 1.29 is 40.1 Å². The van der Waals surface area contributed by atoms with Gasteiger partial charge in [-0.1, -0.05) is 0 Å². The molecule has 13 nitrogen and oxygen atoms in total. The fourth-order valence-electron chi connectivity index (χ4n) is 3.82. The normalized spacial score (nSPS) is 41.6. The second-order valence-electron chi connectivity index (χ2n) is 6.85. The van der Waals surface area contributed by atoms with Gasteiger partial charge in [-0.25, -0.2) is 9.97 Å². The molecule has 4 rings (SSSR count). The van der Waals surface area contributed by atoms with Gasteiger partial charge >= 0.3 is 0 Å². The zero-order chi connectivity index (χ0) is 20.2. The van der Waals surface area contributed by atoms with Gasteiger partial charge in [0.2, 0.25) is 5.72 Å². The Hall–Kier alpha value is -1.97. The van der Waals surface area contributed by atoms with Crippen LogP contribution in [0.3, 0.4) is 0 Å². The monoisotopic (exact) mass is 400 g/mol. The largest absolute Gasteiger partial charge is 0.394 e. The molecule has 7 N–H and O–H groups in total. The minimum absolute atomic E-state index is 0.0509. The van der Waals surface area contributed by atoms with Crippen LogP contribution in [0.15, 0.2) is 17.4 Å². The van der Waals surface area contributed by atoms with E-state index in [2.05, 4.69) is 15.0 Å². The summed E-state index contributed by atoms with van der Waals surface area (Å²) in [5.41, 5.74) is -2.84. The van der Waals surface area contributed by atoms with E-state index in [1.807, 2.05) is 0 Å². The molecule has 0 aromatic carbocycles. The Morgan fingerprint density at radius 1 is 1.18 bits per heavy atom. The zero-order valence-corrected chi connectivity index (χ0v) is 14.4. The lowest BCUT2D eigenvalue weighted by molar-refractivity contribution is -0.286. The van der Waals surface area contributed by atoms with Crippen LogP contribution in [-0.2, 0) is 15.2 Å². The van der Waals surface area contributed by atoms with Crippen LogP contribution in [-0.4, -0.2) is 106 Å². The van der Waals surface area contributed by atoms with Crippen LogP contribution < -0.4 is 5.56 Å². The van der Waals surface area contributed by atoms with Gasteiger partial charge < -0.3 is 45.1 Å². The van der Waals surface area contributed by atoms with Crippen LogP contribution in [0.25, 0.3) is 11.2 Å². The van der Waals surface area contributed by atoms with Crippen molar-refractivity contribution in [2.45, 2.75) is 48.5 Å². The Bertz CT molecular complexity index is 918. The number of aliphatic hydroxyl groups excluding tert-OH is 6. The van der Waals surface area contributed by atoms with Crippen LogP contribution in [0.2, 0.25) is 0 Å². The second-order valence-corrected chi connectivity index (χ2v) is 6.85. The van der Waals surface area contributed by atoms with Gasteiger partial charge in [-0.2, -0.15) is 0 Å². The number of hydrogen-bond donors (Lipinski definition) is 7. The van der Waals surface area contributed by atoms with Crippen molar-refractivity contribution in [1.82, 2.24) is 19.5 Å². The molecule has 28 heavy (non-hydrogen) atoms. The number of nitrogens with zero attached hydrogens (tertiary/aromatic N) is 3. The molecule has 0 amide bonds. The number of H-pyrrole nitrogens is 1. The van der Waals surface area contributed by atoms with Crippen molar-refractivity contribution in [3.8, 4) is 0 Å². The molecule has 2 aliphatic heterocycles. The fourth-order valence-corrected chi connectivity index (χ4v) is 3.82. The molecule has 2 fully saturated rings. The maximum absolute atomic E-state index is 12.0. The highest BCUT2D eigenvalue weighted by Gasteiger charge is 2.64. The number of ether oxygens (including phenoxy) is 2. The molecule has 0 radical (unpaired) electrons. The van der Waals surface area contributed by atoms with Gasteiger partial charge in [0.1, 0.15) is 42.7 Å². The lowest BCUT2D eigenvalue weighted by atomic mass is 9.88. The summed E-state index contributed by atoms with van der Waals surface area (Å²) in [5, 5.41) is 61.1. The average molecular weight is 400 g/mol. The molecule has 2 aromatic rings. The quantitative estimate of drug-likeness (QED) is 0.261. The molecule has 2 aromatic heterocycles. The van der Waals surface area contributed by atoms with Gasteiger partial charge in [-0.05, 0) is 0 Å². The van der Waals surface area contributed by atoms with E-state index in [4.69, 9.17) is 9.47 Å². The van der Waals surface area contributed by atoms with E-state index in [-0.39, 0.29) is 11.2 Å². The summed E-state index contributed by atoms with van der Waals surface area (Å²) >= 11 is 0. The number of fused-ring (bicyclic) bond motifs is 1. The Kier molecular flexibility index (Phi) is 4.71. The van der Waals surface area contributed by atoms with E-state index < -0.39 is 67.2 Å². The van der Waals surface area contributed by atoms with Gasteiger partial charge in [0, 0.05) is 0 Å². The highest BCUT2D eigenvalue weighted by atomic mass is 16.6. The Morgan fingerprint density at radius 3 is 2.61 bits per heavy atom. The number of rotatable bonds is 3. The van der Waals surface area contributed by atoms with Gasteiger partial charge in [0.15, 0.2) is 11.2 Å². The third-order valence-electron chi connectivity index (χ3n) is 5.27. The lowest BCUT2D eigenvalue weighted by Gasteiger charge is -2.46. The SMILES string of the molecule is O=c1[nH]cnc2c1ncn2[C@]1(C2OC[C@H](O)[C@H](O)[C@H]2O)O[C@H](CO)[C@@H](O)[C@H]1O. The van der Waals surface area contributed by atoms with Crippen molar-refractivity contribution in [2.75, 3.05) is 13.2 Å². The van der Waals surface area contributed by atoms with Crippen molar-refractivity contribution in [3.63, 3.8) is 0 Å². The van der Waals surface area contributed by atoms with Crippen molar-refractivity contribution in [3.05, 3.63) is 23.0 Å². The smallest absolute Gasteiger partial charge is 0.278 e. The number of aromatic nitrogens is 4. The van der Waals surface area contributed by atoms with Crippen LogP contribution in [0.4, 0.5) is 0 Å². The molecular weight excluding hydrogens is 380 g/mol. The Balaban J connectivity index is 1.93. The van der Waals surface area contributed by atoms with Crippen LogP contribution >= 0.6 is 0 Å². The molecule has 13 heteroatoms. The molecule has 4 heterocycles. The molecule has 1 unspecified atom stereocenters. The molecule has 2 aliphatic rings. The predicted octanol–water partition coefficient (Wildman–Crippen LogP) is -4.63. The number of hydrogen-bond acceptors (Lipinski definition) is 11. The number of nitrogens with one attached hydrogen (secondary N) is 1. The first-order valence-corrected chi connectivity index (χ1v) is 8.54. The van der Waals surface area contributed by atoms with E-state index >= 15 is 0 Å². The summed E-state index contributed by atoms with van der Waals surface area (Å²) in [6.07, 6.45) is -8.72. The van der Waals surface area contributed by atoms with E-state index in [0.29, 0.717) is 0 Å². The van der Waals surface area contributed by atoms with E-state index in [0.717, 1.165) is 17.2 Å². The molecular formula is C15H20N4O9. The Morgan fingerprint density at radius 2 is 1.93 bits per heavy atom. The van der Waals surface area contributed by atoms with Gasteiger partial charge in [-0.15, -0.1) is 0 Å². The maximum Gasteiger partial charge on any atom is 0.278 e. The molecule has 154 valence electrons. The standard InChI is InChI=1S/C15H20N4O9/c20-1-6-9(23)11(25)15(28-6,12-10(24)8(22)5(21)2-27-12)19-4-18-7-13(19)16-3-17-14(7)26/h3-6,8-12,20-25H,1-2H2,(H,16,17,26)/t5-,6+,8-,9+,10+,11+,12?,15-/m0/s1. The van der Waals surface area contributed by atoms with Crippen LogP contribution in [0.1, 0.15) is 0 Å². The molecule has 0 bridgehead atoms. The number of imidazole rings is 1. The summed E-state index contributed by atoms with van der Waals surface area (Å²) in [7, 11) is 0. The van der Waals surface area contributed by atoms with Crippen molar-refractivity contribution in [1.29, 1.82) is 0 Å². The third kappa shape index (κ3) is 2.53. The third-order valence-corrected chi connectivity index (χ3v) is 5.27.